The maximum atomic E-state index is 13.9. The number of benzene rings is 3. The summed E-state index contributed by atoms with van der Waals surface area (Å²) in [4.78, 5) is 29.5. The van der Waals surface area contributed by atoms with Crippen LogP contribution in [0.25, 0.3) is 22.3 Å². The van der Waals surface area contributed by atoms with Crippen LogP contribution < -0.4 is 4.74 Å². The fourth-order valence-corrected chi connectivity index (χ4v) is 5.72. The number of pyridine rings is 1. The smallest absolute Gasteiger partial charge is 0.416 e. The van der Waals surface area contributed by atoms with Gasteiger partial charge in [0.15, 0.2) is 0 Å². The average molecular weight is 713 g/mol. The number of carbonyl (C=O) groups excluding carboxylic acids is 1. The Bertz CT molecular complexity index is 1940. The summed E-state index contributed by atoms with van der Waals surface area (Å²) in [6, 6.07) is 9.75. The van der Waals surface area contributed by atoms with E-state index in [-0.39, 0.29) is 34.2 Å². The minimum atomic E-state index is -5.17. The van der Waals surface area contributed by atoms with Crippen molar-refractivity contribution < 1.29 is 63.7 Å². The molecule has 1 aliphatic rings. The van der Waals surface area contributed by atoms with Gasteiger partial charge in [0, 0.05) is 16.8 Å². The number of carbonyl (C=O) groups is 2. The van der Waals surface area contributed by atoms with Crippen molar-refractivity contribution in [3.63, 3.8) is 0 Å². The second-order valence-corrected chi connectivity index (χ2v) is 11.4. The molecule has 50 heavy (non-hydrogen) atoms. The van der Waals surface area contributed by atoms with Crippen LogP contribution in [0.15, 0.2) is 66.7 Å². The predicted molar refractivity (Wildman–Crippen MR) is 159 cm³/mol. The molecule has 2 heterocycles. The zero-order valence-electron chi connectivity index (χ0n) is 26.1. The highest BCUT2D eigenvalue weighted by Gasteiger charge is 2.44. The number of carboxylic acid groups (broad SMARTS) is 1. The van der Waals surface area contributed by atoms with Gasteiger partial charge in [0.1, 0.15) is 17.5 Å². The third-order valence-corrected chi connectivity index (χ3v) is 8.21. The van der Waals surface area contributed by atoms with E-state index < -0.39 is 71.5 Å². The van der Waals surface area contributed by atoms with Crippen LogP contribution in [-0.2, 0) is 29.8 Å². The first kappa shape index (κ1) is 36.0. The SMILES string of the molecule is COc1ccc(-c2ccc(C(=O)O)nc2C)cc1-c1ccc(C(F)(F)F)cc1CN1C(=O)OC(c2cc(C(F)(F)F)cc(C(F)(F)F)c2)[C@@H]1C. The van der Waals surface area contributed by atoms with Gasteiger partial charge in [-0.05, 0) is 84.6 Å². The van der Waals surface area contributed by atoms with Gasteiger partial charge in [-0.1, -0.05) is 18.2 Å². The lowest BCUT2D eigenvalue weighted by Crippen LogP contribution is -2.32. The van der Waals surface area contributed by atoms with E-state index in [2.05, 4.69) is 4.98 Å². The number of halogens is 9. The lowest BCUT2D eigenvalue weighted by Gasteiger charge is -2.24. The Hall–Kier alpha value is -5.28. The number of hydrogen-bond donors (Lipinski definition) is 1. The van der Waals surface area contributed by atoms with Crippen molar-refractivity contribution in [1.29, 1.82) is 0 Å². The molecular formula is C34H25F9N2O5. The van der Waals surface area contributed by atoms with E-state index in [9.17, 15) is 54.2 Å². The lowest BCUT2D eigenvalue weighted by molar-refractivity contribution is -0.143. The van der Waals surface area contributed by atoms with E-state index in [1.807, 2.05) is 0 Å². The van der Waals surface area contributed by atoms with Crippen LogP contribution >= 0.6 is 0 Å². The molecule has 1 N–H and O–H groups in total. The number of amides is 1. The molecule has 1 unspecified atom stereocenters. The van der Waals surface area contributed by atoms with Gasteiger partial charge >= 0.3 is 30.6 Å². The summed E-state index contributed by atoms with van der Waals surface area (Å²) in [6.07, 6.45) is -18.0. The van der Waals surface area contributed by atoms with Crippen LogP contribution in [-0.4, -0.2) is 40.2 Å². The van der Waals surface area contributed by atoms with Crippen LogP contribution in [0.3, 0.4) is 0 Å². The van der Waals surface area contributed by atoms with Crippen LogP contribution in [0.4, 0.5) is 44.3 Å². The standard InChI is InChI=1S/C34H25F9N2O5/c1-16-24(7-8-27(44-16)30(46)47)18-4-9-28(49-3)26(13-18)25-6-5-21(32(35,36)37)12-20(25)15-45-17(2)29(50-31(45)48)19-10-22(33(38,39)40)14-23(11-19)34(41,42)43/h4-14,17,29H,15H2,1-3H3,(H,46,47)/t17-,29?/m0/s1. The normalized spacial score (nSPS) is 16.8. The topological polar surface area (TPSA) is 89.0 Å². The predicted octanol–water partition coefficient (Wildman–Crippen LogP) is 9.57. The van der Waals surface area contributed by atoms with E-state index in [0.717, 1.165) is 23.1 Å². The fraction of sp³-hybridized carbons (Fsp3) is 0.265. The Kier molecular flexibility index (Phi) is 9.27. The van der Waals surface area contributed by atoms with Gasteiger partial charge in [0.2, 0.25) is 0 Å². The van der Waals surface area contributed by atoms with Crippen molar-refractivity contribution in [2.45, 2.75) is 51.1 Å². The van der Waals surface area contributed by atoms with E-state index in [0.29, 0.717) is 29.0 Å². The van der Waals surface area contributed by atoms with Gasteiger partial charge in [-0.15, -0.1) is 0 Å². The number of ether oxygens (including phenoxy) is 2. The van der Waals surface area contributed by atoms with Crippen molar-refractivity contribution in [1.82, 2.24) is 9.88 Å². The molecule has 0 radical (unpaired) electrons. The number of cyclic esters (lactones) is 1. The maximum Gasteiger partial charge on any atom is 0.416 e. The molecule has 4 aromatic rings. The highest BCUT2D eigenvalue weighted by Crippen LogP contribution is 2.43. The number of rotatable bonds is 7. The van der Waals surface area contributed by atoms with Crippen molar-refractivity contribution >= 4 is 12.1 Å². The highest BCUT2D eigenvalue weighted by atomic mass is 19.4. The summed E-state index contributed by atoms with van der Waals surface area (Å²) in [6.45, 7) is 2.25. The first-order valence-corrected chi connectivity index (χ1v) is 14.6. The molecule has 264 valence electrons. The van der Waals surface area contributed by atoms with E-state index in [4.69, 9.17) is 9.47 Å². The minimum Gasteiger partial charge on any atom is -0.496 e. The summed E-state index contributed by atoms with van der Waals surface area (Å²) in [5.74, 6) is -1.06. The molecule has 1 aromatic heterocycles. The number of aryl methyl sites for hydroxylation is 1. The molecule has 1 saturated heterocycles. The molecule has 0 saturated carbocycles. The summed E-state index contributed by atoms with van der Waals surface area (Å²) in [7, 11) is 1.31. The second kappa shape index (κ2) is 12.9. The number of aromatic nitrogens is 1. The first-order chi connectivity index (χ1) is 23.2. The van der Waals surface area contributed by atoms with Gasteiger partial charge < -0.3 is 14.6 Å². The number of hydrogen-bond acceptors (Lipinski definition) is 5. The fourth-order valence-electron chi connectivity index (χ4n) is 5.72. The quantitative estimate of drug-likeness (QED) is 0.192. The van der Waals surface area contributed by atoms with Crippen molar-refractivity contribution in [3.8, 4) is 28.0 Å². The van der Waals surface area contributed by atoms with E-state index in [1.165, 1.54) is 32.2 Å². The Morgan fingerprint density at radius 3 is 1.96 bits per heavy atom. The summed E-state index contributed by atoms with van der Waals surface area (Å²) < 4.78 is 134. The largest absolute Gasteiger partial charge is 0.496 e. The summed E-state index contributed by atoms with van der Waals surface area (Å²) in [5.41, 5.74) is -3.57. The molecule has 0 bridgehead atoms. The molecule has 1 amide bonds. The zero-order chi connectivity index (χ0) is 36.9. The molecule has 1 aliphatic heterocycles. The highest BCUT2D eigenvalue weighted by molar-refractivity contribution is 5.87. The molecule has 7 nitrogen and oxygen atoms in total. The Labute approximate surface area is 277 Å². The number of aromatic carboxylic acids is 1. The van der Waals surface area contributed by atoms with Gasteiger partial charge in [-0.2, -0.15) is 39.5 Å². The first-order valence-electron chi connectivity index (χ1n) is 14.6. The Morgan fingerprint density at radius 1 is 0.820 bits per heavy atom. The zero-order valence-corrected chi connectivity index (χ0v) is 26.1. The van der Waals surface area contributed by atoms with E-state index >= 15 is 0 Å². The number of nitrogens with zero attached hydrogens (tertiary/aromatic N) is 2. The van der Waals surface area contributed by atoms with Gasteiger partial charge in [0.05, 0.1) is 36.4 Å². The molecule has 0 spiro atoms. The molecule has 1 fully saturated rings. The molecule has 16 heteroatoms. The van der Waals surface area contributed by atoms with Crippen LogP contribution in [0.1, 0.15) is 57.0 Å². The minimum absolute atomic E-state index is 0.0722. The van der Waals surface area contributed by atoms with Crippen LogP contribution in [0, 0.1) is 6.92 Å². The third-order valence-electron chi connectivity index (χ3n) is 8.21. The van der Waals surface area contributed by atoms with Crippen molar-refractivity contribution in [2.24, 2.45) is 0 Å². The molecule has 3 aromatic carbocycles. The molecular weight excluding hydrogens is 687 g/mol. The Morgan fingerprint density at radius 2 is 1.42 bits per heavy atom. The Balaban J connectivity index is 1.59. The average Bonchev–Trinajstić information content (AvgIpc) is 3.31. The molecule has 5 rings (SSSR count). The summed E-state index contributed by atoms with van der Waals surface area (Å²) >= 11 is 0. The van der Waals surface area contributed by atoms with E-state index in [1.54, 1.807) is 19.1 Å². The maximum absolute atomic E-state index is 13.9. The second-order valence-electron chi connectivity index (χ2n) is 11.4. The number of alkyl halides is 9. The van der Waals surface area contributed by atoms with Crippen molar-refractivity contribution in [2.75, 3.05) is 7.11 Å². The monoisotopic (exact) mass is 712 g/mol. The van der Waals surface area contributed by atoms with Crippen LogP contribution in [0.5, 0.6) is 5.75 Å². The van der Waals surface area contributed by atoms with Gasteiger partial charge in [-0.3, -0.25) is 4.90 Å². The summed E-state index contributed by atoms with van der Waals surface area (Å²) in [5, 5.41) is 9.28. The third kappa shape index (κ3) is 7.19. The molecule has 2 atom stereocenters. The van der Waals surface area contributed by atoms with Crippen LogP contribution in [0.2, 0.25) is 0 Å². The molecule has 0 aliphatic carbocycles. The van der Waals surface area contributed by atoms with Gasteiger partial charge in [-0.25, -0.2) is 14.6 Å². The number of carboxylic acids is 1. The van der Waals surface area contributed by atoms with Gasteiger partial charge in [0.25, 0.3) is 0 Å². The lowest BCUT2D eigenvalue weighted by atomic mass is 9.92. The van der Waals surface area contributed by atoms with Crippen molar-refractivity contribution in [3.05, 3.63) is 106 Å². The number of methoxy groups -OCH3 is 1.